The van der Waals surface area contributed by atoms with E-state index in [1.165, 1.54) is 17.1 Å². The van der Waals surface area contributed by atoms with E-state index in [0.717, 1.165) is 28.7 Å². The van der Waals surface area contributed by atoms with Gasteiger partial charge in [0, 0.05) is 62.1 Å². The predicted octanol–water partition coefficient (Wildman–Crippen LogP) is 3.46. The number of alkyl halides is 3. The highest BCUT2D eigenvalue weighted by atomic mass is 19.4. The Balaban J connectivity index is 0.00000107. The minimum Gasteiger partial charge on any atom is -0.475 e. The van der Waals surface area contributed by atoms with E-state index in [0.29, 0.717) is 31.6 Å². The van der Waals surface area contributed by atoms with Crippen LogP contribution < -0.4 is 16.4 Å². The topological polar surface area (TPSA) is 217 Å². The fourth-order valence-corrected chi connectivity index (χ4v) is 7.02. The van der Waals surface area contributed by atoms with Crippen molar-refractivity contribution in [2.75, 3.05) is 26.2 Å². The lowest BCUT2D eigenvalue weighted by Crippen LogP contribution is -2.49. The number of carboxylic acids is 1. The number of amides is 5. The Bertz CT molecular complexity index is 2090. The highest BCUT2D eigenvalue weighted by molar-refractivity contribution is 6.12. The molecule has 2 heterocycles. The number of carbonyl (C=O) groups is 6. The SMILES string of the molecule is CC(C)(C)[C@H](c1nc(-c2cc(F)ccc2F)cn1Cc1ccccc1)N(CC[C@H](N)C(=O)N[C@@H]1CC[C@@H](C(=O)NCCN2C(=O)C=CC2=O)C1)C(=O)CO.O=C(O)C(F)(F)F. The molecule has 6 N–H and O–H groups in total. The number of nitrogens with zero attached hydrogens (tertiary/aromatic N) is 4. The van der Waals surface area contributed by atoms with Crippen molar-refractivity contribution < 1.29 is 60.9 Å². The largest absolute Gasteiger partial charge is 0.490 e. The van der Waals surface area contributed by atoms with Gasteiger partial charge in [0.1, 0.15) is 24.1 Å². The van der Waals surface area contributed by atoms with Gasteiger partial charge in [-0.2, -0.15) is 13.2 Å². The highest BCUT2D eigenvalue weighted by Crippen LogP contribution is 2.39. The third kappa shape index (κ3) is 13.0. The third-order valence-electron chi connectivity index (χ3n) is 9.98. The third-order valence-corrected chi connectivity index (χ3v) is 9.98. The Labute approximate surface area is 347 Å². The fourth-order valence-electron chi connectivity index (χ4n) is 7.02. The quantitative estimate of drug-likeness (QED) is 0.111. The highest BCUT2D eigenvalue weighted by Gasteiger charge is 2.40. The van der Waals surface area contributed by atoms with Gasteiger partial charge in [0.05, 0.1) is 17.8 Å². The van der Waals surface area contributed by atoms with Crippen molar-refractivity contribution in [3.63, 3.8) is 0 Å². The maximum absolute atomic E-state index is 15.0. The van der Waals surface area contributed by atoms with Crippen LogP contribution in [0, 0.1) is 23.0 Å². The van der Waals surface area contributed by atoms with E-state index in [1.54, 1.807) is 10.8 Å². The molecule has 5 amide bonds. The molecule has 1 fully saturated rings. The summed E-state index contributed by atoms with van der Waals surface area (Å²) in [6.45, 7) is 5.28. The van der Waals surface area contributed by atoms with Gasteiger partial charge >= 0.3 is 12.1 Å². The van der Waals surface area contributed by atoms with E-state index < -0.39 is 71.5 Å². The Morgan fingerprint density at radius 3 is 2.23 bits per heavy atom. The Kier molecular flexibility index (Phi) is 16.0. The number of hydrogen-bond acceptors (Lipinski definition) is 9. The molecule has 330 valence electrons. The van der Waals surface area contributed by atoms with Crippen LogP contribution in [0.15, 0.2) is 66.9 Å². The van der Waals surface area contributed by atoms with Gasteiger partial charge in [0.25, 0.3) is 11.8 Å². The Hall–Kier alpha value is -6.02. The number of nitrogens with one attached hydrogen (secondary N) is 2. The van der Waals surface area contributed by atoms with Crippen LogP contribution in [0.3, 0.4) is 0 Å². The molecule has 15 nitrogen and oxygen atoms in total. The van der Waals surface area contributed by atoms with E-state index in [4.69, 9.17) is 20.6 Å². The minimum atomic E-state index is -5.08. The molecule has 1 aliphatic carbocycles. The molecule has 1 aromatic heterocycles. The van der Waals surface area contributed by atoms with Crippen molar-refractivity contribution in [2.45, 2.75) is 77.3 Å². The number of aromatic nitrogens is 2. The number of carbonyl (C=O) groups excluding carboxylic acids is 5. The zero-order valence-corrected chi connectivity index (χ0v) is 33.6. The number of imide groups is 1. The molecule has 0 radical (unpaired) electrons. The molecular weight excluding hydrogens is 813 g/mol. The van der Waals surface area contributed by atoms with Gasteiger partial charge in [-0.1, -0.05) is 51.1 Å². The van der Waals surface area contributed by atoms with Crippen molar-refractivity contribution in [1.82, 2.24) is 30.0 Å². The van der Waals surface area contributed by atoms with Gasteiger partial charge in [-0.05, 0) is 54.9 Å². The van der Waals surface area contributed by atoms with Crippen molar-refractivity contribution >= 4 is 35.5 Å². The predicted molar refractivity (Wildman–Crippen MR) is 209 cm³/mol. The molecule has 1 saturated carbocycles. The molecule has 3 aromatic rings. The smallest absolute Gasteiger partial charge is 0.475 e. The molecule has 5 rings (SSSR count). The lowest BCUT2D eigenvalue weighted by Gasteiger charge is -2.40. The molecule has 0 bridgehead atoms. The second-order valence-corrected chi connectivity index (χ2v) is 15.6. The lowest BCUT2D eigenvalue weighted by molar-refractivity contribution is -0.192. The molecule has 61 heavy (non-hydrogen) atoms. The van der Waals surface area contributed by atoms with Gasteiger partial charge in [-0.3, -0.25) is 28.9 Å². The number of imidazole rings is 1. The molecule has 0 saturated heterocycles. The van der Waals surface area contributed by atoms with Gasteiger partial charge in [-0.15, -0.1) is 0 Å². The average molecular weight is 862 g/mol. The molecular formula is C41H48F5N7O8. The average Bonchev–Trinajstić information content (AvgIpc) is 3.92. The first kappa shape index (κ1) is 47.7. The van der Waals surface area contributed by atoms with Gasteiger partial charge in [-0.25, -0.2) is 18.6 Å². The first-order chi connectivity index (χ1) is 28.6. The summed E-state index contributed by atoms with van der Waals surface area (Å²) in [7, 11) is 0. The molecule has 20 heteroatoms. The normalized spacial score (nSPS) is 17.4. The summed E-state index contributed by atoms with van der Waals surface area (Å²) in [5, 5.41) is 22.9. The standard InChI is InChI=1S/C39H47F2N7O6.C2HF3O2/c1-39(2,3)35(36-45-31(28-20-26(40)10-12-29(28)41)22-46(36)21-24-7-5-4-6-8-24)48(34(52)23-49)17-15-30(42)38(54)44-27-11-9-25(19-27)37(53)43-16-18-47-32(50)13-14-33(47)51;3-2(4,5)1(6)7/h4-8,10,12-14,20,22,25,27,30,35,49H,9,11,15-19,21,23,42H2,1-3H3,(H,43,53)(H,44,54);(H,6,7)/t25-,27-,30+,35+;/m1./s1. The maximum atomic E-state index is 15.0. The zero-order valence-electron chi connectivity index (χ0n) is 33.6. The summed E-state index contributed by atoms with van der Waals surface area (Å²) in [5.41, 5.74) is 6.67. The summed E-state index contributed by atoms with van der Waals surface area (Å²) in [6, 6.07) is 10.4. The number of halogens is 5. The fraction of sp³-hybridized carbons (Fsp3) is 0.439. The molecule has 0 unspecified atom stereocenters. The maximum Gasteiger partial charge on any atom is 0.490 e. The van der Waals surface area contributed by atoms with E-state index in [9.17, 15) is 46.6 Å². The number of hydrogen-bond donors (Lipinski definition) is 5. The first-order valence-electron chi connectivity index (χ1n) is 19.2. The van der Waals surface area contributed by atoms with Crippen LogP contribution in [0.2, 0.25) is 0 Å². The van der Waals surface area contributed by atoms with Crippen molar-refractivity contribution in [1.29, 1.82) is 0 Å². The molecule has 0 spiro atoms. The Morgan fingerprint density at radius 2 is 1.64 bits per heavy atom. The second kappa shape index (κ2) is 20.5. The first-order valence-corrected chi connectivity index (χ1v) is 19.2. The van der Waals surface area contributed by atoms with Crippen molar-refractivity contribution in [3.05, 3.63) is 89.9 Å². The number of aliphatic hydroxyl groups is 1. The zero-order chi connectivity index (χ0) is 45.2. The number of rotatable bonds is 15. The van der Waals surface area contributed by atoms with Crippen LogP contribution in [-0.2, 0) is 35.3 Å². The number of aliphatic carboxylic acids is 1. The van der Waals surface area contributed by atoms with Crippen LogP contribution in [0.1, 0.15) is 63.9 Å². The molecule has 1 aliphatic heterocycles. The van der Waals surface area contributed by atoms with Crippen LogP contribution >= 0.6 is 0 Å². The van der Waals surface area contributed by atoms with E-state index >= 15 is 4.39 Å². The summed E-state index contributed by atoms with van der Waals surface area (Å²) < 4.78 is 62.8. The summed E-state index contributed by atoms with van der Waals surface area (Å²) in [4.78, 5) is 79.1. The molecule has 2 aromatic carbocycles. The van der Waals surface area contributed by atoms with E-state index in [1.807, 2.05) is 51.1 Å². The van der Waals surface area contributed by atoms with Gasteiger partial charge in [0.2, 0.25) is 17.7 Å². The monoisotopic (exact) mass is 861 g/mol. The number of benzene rings is 2. The number of nitrogens with two attached hydrogens (primary N) is 1. The van der Waals surface area contributed by atoms with Gasteiger partial charge in [0.15, 0.2) is 0 Å². The summed E-state index contributed by atoms with van der Waals surface area (Å²) in [6.07, 6.45) is 0.369. The van der Waals surface area contributed by atoms with Crippen LogP contribution in [0.4, 0.5) is 22.0 Å². The summed E-state index contributed by atoms with van der Waals surface area (Å²) >= 11 is 0. The Morgan fingerprint density at radius 1 is 1.00 bits per heavy atom. The number of aliphatic hydroxyl groups excluding tert-OH is 1. The van der Waals surface area contributed by atoms with Gasteiger partial charge < -0.3 is 36.0 Å². The lowest BCUT2D eigenvalue weighted by atomic mass is 9.84. The number of carboxylic acid groups (broad SMARTS) is 1. The van der Waals surface area contributed by atoms with Crippen LogP contribution in [-0.4, -0.2) is 110 Å². The molecule has 4 atom stereocenters. The van der Waals surface area contributed by atoms with Crippen molar-refractivity contribution in [2.24, 2.45) is 17.1 Å². The minimum absolute atomic E-state index is 0.0222. The van der Waals surface area contributed by atoms with E-state index in [2.05, 4.69) is 10.6 Å². The summed E-state index contributed by atoms with van der Waals surface area (Å²) in [5.74, 6) is -6.23. The van der Waals surface area contributed by atoms with Crippen molar-refractivity contribution in [3.8, 4) is 11.3 Å². The van der Waals surface area contributed by atoms with Crippen LogP contribution in [0.25, 0.3) is 11.3 Å². The van der Waals surface area contributed by atoms with Crippen LogP contribution in [0.5, 0.6) is 0 Å². The van der Waals surface area contributed by atoms with E-state index in [-0.39, 0.29) is 55.2 Å². The molecule has 2 aliphatic rings. The second-order valence-electron chi connectivity index (χ2n) is 15.6.